The number of piperidine rings is 1. The quantitative estimate of drug-likeness (QED) is 0.745. The highest BCUT2D eigenvalue weighted by atomic mass is 32.2. The molecule has 0 unspecified atom stereocenters. The van der Waals surface area contributed by atoms with Crippen molar-refractivity contribution in [1.82, 2.24) is 10.2 Å². The molecule has 0 bridgehead atoms. The lowest BCUT2D eigenvalue weighted by atomic mass is 9.87. The highest BCUT2D eigenvalue weighted by molar-refractivity contribution is 7.93. The van der Waals surface area contributed by atoms with Crippen LogP contribution >= 0.6 is 0 Å². The van der Waals surface area contributed by atoms with Crippen molar-refractivity contribution >= 4 is 15.7 Å². The third-order valence-corrected chi connectivity index (χ3v) is 5.61. The number of likely N-dealkylation sites (tertiary alicyclic amines) is 1. The first-order valence-corrected chi connectivity index (χ1v) is 11.2. The molecule has 0 aliphatic carbocycles. The molecular formula is C20H29FN2O4S. The van der Waals surface area contributed by atoms with Gasteiger partial charge in [-0.3, -0.25) is 9.69 Å². The van der Waals surface area contributed by atoms with Crippen molar-refractivity contribution in [3.8, 4) is 5.75 Å². The Morgan fingerprint density at radius 2 is 2.07 bits per heavy atom. The summed E-state index contributed by atoms with van der Waals surface area (Å²) in [5.74, 6) is 0.100. The van der Waals surface area contributed by atoms with Crippen molar-refractivity contribution in [2.24, 2.45) is 0 Å². The molecule has 1 fully saturated rings. The highest BCUT2D eigenvalue weighted by Crippen LogP contribution is 2.32. The second-order valence-corrected chi connectivity index (χ2v) is 9.44. The SMILES string of the molecule is COc1ccc(CN2CC[C@@](F)(C(=O)N[C@H](C)/C=C\S(C)(=O)=O)C[C@@H]2C)cc1. The smallest absolute Gasteiger partial charge is 0.258 e. The van der Waals surface area contributed by atoms with E-state index in [4.69, 9.17) is 4.74 Å². The van der Waals surface area contributed by atoms with Crippen molar-refractivity contribution in [2.45, 2.75) is 51.0 Å². The van der Waals surface area contributed by atoms with E-state index < -0.39 is 27.5 Å². The van der Waals surface area contributed by atoms with Gasteiger partial charge in [0.25, 0.3) is 5.91 Å². The highest BCUT2D eigenvalue weighted by Gasteiger charge is 2.44. The molecule has 8 heteroatoms. The number of alkyl halides is 1. The molecule has 28 heavy (non-hydrogen) atoms. The average Bonchev–Trinajstić information content (AvgIpc) is 2.62. The molecule has 1 aliphatic rings. The Bertz CT molecular complexity index is 810. The summed E-state index contributed by atoms with van der Waals surface area (Å²) in [5, 5.41) is 3.58. The number of hydrogen-bond acceptors (Lipinski definition) is 5. The summed E-state index contributed by atoms with van der Waals surface area (Å²) in [6, 6.07) is 7.07. The normalized spacial score (nSPS) is 24.8. The van der Waals surface area contributed by atoms with Crippen LogP contribution in [0.1, 0.15) is 32.3 Å². The van der Waals surface area contributed by atoms with Gasteiger partial charge in [0.15, 0.2) is 15.5 Å². The molecule has 1 saturated heterocycles. The zero-order chi connectivity index (χ0) is 20.9. The van der Waals surface area contributed by atoms with Crippen LogP contribution in [0.3, 0.4) is 0 Å². The Hall–Kier alpha value is -1.93. The largest absolute Gasteiger partial charge is 0.497 e. The minimum Gasteiger partial charge on any atom is -0.497 e. The second kappa shape index (κ2) is 9.05. The zero-order valence-electron chi connectivity index (χ0n) is 16.8. The van der Waals surface area contributed by atoms with Crippen molar-refractivity contribution in [2.75, 3.05) is 19.9 Å². The topological polar surface area (TPSA) is 75.7 Å². The molecular weight excluding hydrogens is 383 g/mol. The van der Waals surface area contributed by atoms with Gasteiger partial charge in [0.05, 0.1) is 7.11 Å². The van der Waals surface area contributed by atoms with E-state index in [1.165, 1.54) is 6.08 Å². The van der Waals surface area contributed by atoms with Gasteiger partial charge in [0.1, 0.15) is 5.75 Å². The summed E-state index contributed by atoms with van der Waals surface area (Å²) in [6.07, 6.45) is 2.60. The van der Waals surface area contributed by atoms with Crippen molar-refractivity contribution < 1.29 is 22.3 Å². The number of halogens is 1. The van der Waals surface area contributed by atoms with Gasteiger partial charge in [0.2, 0.25) is 0 Å². The third kappa shape index (κ3) is 6.31. The van der Waals surface area contributed by atoms with E-state index in [-0.39, 0.29) is 18.9 Å². The van der Waals surface area contributed by atoms with Crippen LogP contribution in [0.2, 0.25) is 0 Å². The molecule has 1 N–H and O–H groups in total. The number of carbonyl (C=O) groups excluding carboxylic acids is 1. The maximum Gasteiger partial charge on any atom is 0.258 e. The molecule has 0 aromatic heterocycles. The predicted molar refractivity (Wildman–Crippen MR) is 108 cm³/mol. The number of benzene rings is 1. The van der Waals surface area contributed by atoms with Crippen LogP contribution in [0, 0.1) is 0 Å². The standard InChI is InChI=1S/C20H29FN2O4S/c1-15(9-12-28(4,25)26)22-19(24)20(21)10-11-23(16(2)13-20)14-17-5-7-18(27-3)8-6-17/h5-9,12,15-16H,10-11,13-14H2,1-4H3,(H,22,24)/b12-9-/t15-,16+,20+/m1/s1. The Kier molecular flexibility index (Phi) is 7.22. The fourth-order valence-electron chi connectivity index (χ4n) is 3.29. The summed E-state index contributed by atoms with van der Waals surface area (Å²) in [6.45, 7) is 4.67. The first-order chi connectivity index (χ1) is 13.0. The molecule has 0 saturated carbocycles. The fourth-order valence-corrected chi connectivity index (χ4v) is 3.81. The first-order valence-electron chi connectivity index (χ1n) is 9.27. The Labute approximate surface area is 166 Å². The molecule has 1 aromatic carbocycles. The lowest BCUT2D eigenvalue weighted by molar-refractivity contribution is -0.138. The second-order valence-electron chi connectivity index (χ2n) is 7.51. The molecule has 1 aliphatic heterocycles. The number of ether oxygens (including phenoxy) is 1. The number of carbonyl (C=O) groups is 1. The molecule has 6 nitrogen and oxygen atoms in total. The van der Waals surface area contributed by atoms with Crippen LogP contribution in [0.5, 0.6) is 5.75 Å². The van der Waals surface area contributed by atoms with Gasteiger partial charge in [-0.1, -0.05) is 18.2 Å². The monoisotopic (exact) mass is 412 g/mol. The minimum absolute atomic E-state index is 0.0947. The summed E-state index contributed by atoms with van der Waals surface area (Å²) in [5.41, 5.74) is -0.855. The average molecular weight is 413 g/mol. The van der Waals surface area contributed by atoms with E-state index in [0.717, 1.165) is 23.0 Å². The Morgan fingerprint density at radius 1 is 1.43 bits per heavy atom. The minimum atomic E-state index is -3.29. The maximum absolute atomic E-state index is 15.3. The van der Waals surface area contributed by atoms with Gasteiger partial charge >= 0.3 is 0 Å². The molecule has 0 radical (unpaired) electrons. The van der Waals surface area contributed by atoms with Crippen molar-refractivity contribution in [1.29, 1.82) is 0 Å². The zero-order valence-corrected chi connectivity index (χ0v) is 17.6. The lowest BCUT2D eigenvalue weighted by Crippen LogP contribution is -2.55. The summed E-state index contributed by atoms with van der Waals surface area (Å²) >= 11 is 0. The van der Waals surface area contributed by atoms with Crippen molar-refractivity contribution in [3.05, 3.63) is 41.3 Å². The summed E-state index contributed by atoms with van der Waals surface area (Å²) in [7, 11) is -1.67. The van der Waals surface area contributed by atoms with E-state index in [2.05, 4.69) is 10.2 Å². The lowest BCUT2D eigenvalue weighted by Gasteiger charge is -2.40. The first kappa shape index (κ1) is 22.4. The van der Waals surface area contributed by atoms with Crippen LogP contribution in [0.15, 0.2) is 35.7 Å². The van der Waals surface area contributed by atoms with Gasteiger partial charge < -0.3 is 10.1 Å². The van der Waals surface area contributed by atoms with Crippen molar-refractivity contribution in [3.63, 3.8) is 0 Å². The molecule has 1 aromatic rings. The molecule has 156 valence electrons. The number of amides is 1. The maximum atomic E-state index is 15.3. The molecule has 3 atom stereocenters. The predicted octanol–water partition coefficient (Wildman–Crippen LogP) is 2.45. The van der Waals surface area contributed by atoms with Crippen LogP contribution in [-0.4, -0.2) is 56.9 Å². The van der Waals surface area contributed by atoms with Gasteiger partial charge in [-0.25, -0.2) is 12.8 Å². The van der Waals surface area contributed by atoms with Crippen LogP contribution in [-0.2, 0) is 21.2 Å². The molecule has 1 amide bonds. The molecule has 0 spiro atoms. The number of hydrogen-bond donors (Lipinski definition) is 1. The molecule has 2 rings (SSSR count). The molecule has 1 heterocycles. The number of nitrogens with zero attached hydrogens (tertiary/aromatic N) is 1. The van der Waals surface area contributed by atoms with E-state index in [1.54, 1.807) is 14.0 Å². The number of methoxy groups -OCH3 is 1. The van der Waals surface area contributed by atoms with Crippen LogP contribution < -0.4 is 10.1 Å². The number of sulfone groups is 1. The number of rotatable bonds is 7. The van der Waals surface area contributed by atoms with E-state index in [1.807, 2.05) is 31.2 Å². The fraction of sp³-hybridized carbons (Fsp3) is 0.550. The number of nitrogens with one attached hydrogen (secondary N) is 1. The van der Waals surface area contributed by atoms with Crippen LogP contribution in [0.25, 0.3) is 0 Å². The van der Waals surface area contributed by atoms with E-state index >= 15 is 4.39 Å². The van der Waals surface area contributed by atoms with Gasteiger partial charge in [-0.05, 0) is 31.5 Å². The van der Waals surface area contributed by atoms with Crippen LogP contribution in [0.4, 0.5) is 4.39 Å². The summed E-state index contributed by atoms with van der Waals surface area (Å²) in [4.78, 5) is 14.6. The van der Waals surface area contributed by atoms with Gasteiger partial charge in [-0.15, -0.1) is 0 Å². The van der Waals surface area contributed by atoms with E-state index in [9.17, 15) is 13.2 Å². The Morgan fingerprint density at radius 3 is 2.61 bits per heavy atom. The summed E-state index contributed by atoms with van der Waals surface area (Å²) < 4.78 is 42.8. The third-order valence-electron chi connectivity index (χ3n) is 4.96. The Balaban J connectivity index is 1.94. The van der Waals surface area contributed by atoms with Gasteiger partial charge in [0, 0.05) is 49.7 Å². The van der Waals surface area contributed by atoms with Gasteiger partial charge in [-0.2, -0.15) is 0 Å². The van der Waals surface area contributed by atoms with E-state index in [0.29, 0.717) is 13.1 Å².